The van der Waals surface area contributed by atoms with Crippen LogP contribution < -0.4 is 5.32 Å². The van der Waals surface area contributed by atoms with Gasteiger partial charge in [-0.3, -0.25) is 4.79 Å². The van der Waals surface area contributed by atoms with E-state index >= 15 is 0 Å². The Balaban J connectivity index is 2.03. The van der Waals surface area contributed by atoms with Gasteiger partial charge in [-0.2, -0.15) is 0 Å². The Labute approximate surface area is 124 Å². The molecule has 2 nitrogen and oxygen atoms in total. The minimum atomic E-state index is -0.189. The Bertz CT molecular complexity index is 605. The van der Waals surface area contributed by atoms with E-state index in [-0.39, 0.29) is 5.41 Å². The van der Waals surface area contributed by atoms with Crippen molar-refractivity contribution < 1.29 is 4.79 Å². The zero-order valence-corrected chi connectivity index (χ0v) is 12.8. The summed E-state index contributed by atoms with van der Waals surface area (Å²) in [7, 11) is 0. The minimum absolute atomic E-state index is 0.189. The van der Waals surface area contributed by atoms with Crippen molar-refractivity contribution in [3.8, 4) is 0 Å². The molecule has 0 spiro atoms. The Morgan fingerprint density at radius 3 is 3.05 bits per heavy atom. The lowest BCUT2D eigenvalue weighted by molar-refractivity contribution is 0.0720. The molecule has 3 heteroatoms. The molecule has 1 saturated heterocycles. The van der Waals surface area contributed by atoms with E-state index in [1.165, 1.54) is 5.39 Å². The van der Waals surface area contributed by atoms with Gasteiger partial charge in [-0.1, -0.05) is 25.5 Å². The number of hydrogen-bond donors (Lipinski definition) is 1. The summed E-state index contributed by atoms with van der Waals surface area (Å²) in [4.78, 5) is 13.2. The maximum absolute atomic E-state index is 13.2. The van der Waals surface area contributed by atoms with Crippen LogP contribution in [0.5, 0.6) is 0 Å². The summed E-state index contributed by atoms with van der Waals surface area (Å²) in [6.45, 7) is 4.05. The van der Waals surface area contributed by atoms with Crippen LogP contribution >= 0.6 is 11.3 Å². The maximum atomic E-state index is 13.2. The summed E-state index contributed by atoms with van der Waals surface area (Å²) in [6.07, 6.45) is 4.18. The number of nitrogens with one attached hydrogen (secondary N) is 1. The number of fused-ring (bicyclic) bond motifs is 1. The van der Waals surface area contributed by atoms with Crippen LogP contribution in [-0.2, 0) is 0 Å². The predicted molar refractivity (Wildman–Crippen MR) is 85.6 cm³/mol. The first-order valence-electron chi connectivity index (χ1n) is 7.48. The number of carbonyl (C=O) groups excluding carboxylic acids is 1. The second-order valence-electron chi connectivity index (χ2n) is 5.78. The van der Waals surface area contributed by atoms with Crippen LogP contribution in [0.4, 0.5) is 0 Å². The fourth-order valence-electron chi connectivity index (χ4n) is 3.42. The van der Waals surface area contributed by atoms with E-state index in [1.54, 1.807) is 11.3 Å². The molecule has 0 amide bonds. The summed E-state index contributed by atoms with van der Waals surface area (Å²) < 4.78 is 1.15. The van der Waals surface area contributed by atoms with Crippen molar-refractivity contribution in [1.29, 1.82) is 0 Å². The van der Waals surface area contributed by atoms with Crippen molar-refractivity contribution >= 4 is 27.2 Å². The summed E-state index contributed by atoms with van der Waals surface area (Å²) >= 11 is 1.68. The third-order valence-electron chi connectivity index (χ3n) is 4.41. The van der Waals surface area contributed by atoms with Crippen LogP contribution in [0.2, 0.25) is 0 Å². The van der Waals surface area contributed by atoms with Crippen molar-refractivity contribution in [1.82, 2.24) is 5.32 Å². The standard InChI is InChI=1S/C17H21NOS/c1-2-8-17(9-4-10-18-12-17)16(19)14-6-3-5-13-7-11-20-15(13)14/h3,5-7,11,18H,2,4,8-10,12H2,1H3. The fraction of sp³-hybridized carbons (Fsp3) is 0.471. The first kappa shape index (κ1) is 13.8. The number of Topliss-reactive ketones (excluding diaryl/α,β-unsaturated/α-hetero) is 1. The Morgan fingerprint density at radius 2 is 2.30 bits per heavy atom. The summed E-state index contributed by atoms with van der Waals surface area (Å²) in [5, 5.41) is 6.70. The van der Waals surface area contributed by atoms with Gasteiger partial charge in [0.1, 0.15) is 0 Å². The van der Waals surface area contributed by atoms with E-state index in [9.17, 15) is 4.79 Å². The zero-order chi connectivity index (χ0) is 14.0. The lowest BCUT2D eigenvalue weighted by Gasteiger charge is -2.36. The largest absolute Gasteiger partial charge is 0.316 e. The first-order chi connectivity index (χ1) is 9.77. The highest BCUT2D eigenvalue weighted by atomic mass is 32.1. The third-order valence-corrected chi connectivity index (χ3v) is 5.37. The number of thiophene rings is 1. The predicted octanol–water partition coefficient (Wildman–Crippen LogP) is 4.25. The van der Waals surface area contributed by atoms with Crippen LogP contribution in [-0.4, -0.2) is 18.9 Å². The molecule has 3 rings (SSSR count). The molecule has 0 radical (unpaired) electrons. The molecule has 0 bridgehead atoms. The molecule has 1 fully saturated rings. The highest BCUT2D eigenvalue weighted by Crippen LogP contribution is 2.38. The fourth-order valence-corrected chi connectivity index (χ4v) is 4.34. The van der Waals surface area contributed by atoms with Gasteiger partial charge in [0, 0.05) is 22.2 Å². The average Bonchev–Trinajstić information content (AvgIpc) is 2.96. The van der Waals surface area contributed by atoms with Crippen LogP contribution in [0.3, 0.4) is 0 Å². The van der Waals surface area contributed by atoms with E-state index in [4.69, 9.17) is 0 Å². The normalized spacial score (nSPS) is 23.1. The van der Waals surface area contributed by atoms with Gasteiger partial charge in [0.05, 0.1) is 0 Å². The number of rotatable bonds is 4. The molecular weight excluding hydrogens is 266 g/mol. The van der Waals surface area contributed by atoms with Crippen LogP contribution in [0.15, 0.2) is 29.6 Å². The molecule has 20 heavy (non-hydrogen) atoms. The topological polar surface area (TPSA) is 29.1 Å². The molecule has 1 aliphatic rings. The number of benzene rings is 1. The molecule has 1 aromatic heterocycles. The number of ketones is 1. The molecular formula is C17H21NOS. The molecule has 1 atom stereocenters. The van der Waals surface area contributed by atoms with Crippen molar-refractivity contribution in [2.75, 3.05) is 13.1 Å². The third kappa shape index (κ3) is 2.29. The van der Waals surface area contributed by atoms with Gasteiger partial charge in [-0.05, 0) is 48.7 Å². The van der Waals surface area contributed by atoms with Gasteiger partial charge in [0.15, 0.2) is 5.78 Å². The van der Waals surface area contributed by atoms with Gasteiger partial charge < -0.3 is 5.32 Å². The zero-order valence-electron chi connectivity index (χ0n) is 11.9. The number of carbonyl (C=O) groups is 1. The SMILES string of the molecule is CCCC1(C(=O)c2cccc3ccsc23)CCCNC1. The summed E-state index contributed by atoms with van der Waals surface area (Å²) in [6, 6.07) is 8.21. The first-order valence-corrected chi connectivity index (χ1v) is 8.36. The van der Waals surface area contributed by atoms with E-state index in [0.29, 0.717) is 5.78 Å². The van der Waals surface area contributed by atoms with Gasteiger partial charge in [-0.25, -0.2) is 0 Å². The molecule has 1 aromatic carbocycles. The Kier molecular flexibility index (Phi) is 3.90. The second-order valence-corrected chi connectivity index (χ2v) is 6.70. The lowest BCUT2D eigenvalue weighted by Crippen LogP contribution is -2.45. The van der Waals surface area contributed by atoms with Crippen LogP contribution in [0, 0.1) is 5.41 Å². The van der Waals surface area contributed by atoms with Crippen molar-refractivity contribution in [3.63, 3.8) is 0 Å². The molecule has 1 unspecified atom stereocenters. The monoisotopic (exact) mass is 287 g/mol. The van der Waals surface area contributed by atoms with Gasteiger partial charge >= 0.3 is 0 Å². The van der Waals surface area contributed by atoms with E-state index in [0.717, 1.165) is 49.0 Å². The smallest absolute Gasteiger partial charge is 0.171 e. The second kappa shape index (κ2) is 5.66. The molecule has 1 aliphatic heterocycles. The molecule has 0 aliphatic carbocycles. The Morgan fingerprint density at radius 1 is 1.40 bits per heavy atom. The van der Waals surface area contributed by atoms with Gasteiger partial charge in [0.2, 0.25) is 0 Å². The molecule has 2 aromatic rings. The van der Waals surface area contributed by atoms with Crippen molar-refractivity contribution in [3.05, 3.63) is 35.2 Å². The van der Waals surface area contributed by atoms with E-state index in [1.807, 2.05) is 12.1 Å². The van der Waals surface area contributed by atoms with Crippen LogP contribution in [0.25, 0.3) is 10.1 Å². The molecule has 0 saturated carbocycles. The molecule has 1 N–H and O–H groups in total. The number of hydrogen-bond acceptors (Lipinski definition) is 3. The van der Waals surface area contributed by atoms with Crippen molar-refractivity contribution in [2.45, 2.75) is 32.6 Å². The minimum Gasteiger partial charge on any atom is -0.316 e. The van der Waals surface area contributed by atoms with Gasteiger partial charge in [0.25, 0.3) is 0 Å². The Hall–Kier alpha value is -1.19. The number of piperidine rings is 1. The van der Waals surface area contributed by atoms with Gasteiger partial charge in [-0.15, -0.1) is 11.3 Å². The lowest BCUT2D eigenvalue weighted by atomic mass is 9.71. The summed E-state index contributed by atoms with van der Waals surface area (Å²) in [5.74, 6) is 0.347. The summed E-state index contributed by atoms with van der Waals surface area (Å²) in [5.41, 5.74) is 0.736. The van der Waals surface area contributed by atoms with E-state index in [2.05, 4.69) is 29.8 Å². The average molecular weight is 287 g/mol. The maximum Gasteiger partial charge on any atom is 0.171 e. The molecule has 106 valence electrons. The van der Waals surface area contributed by atoms with Crippen LogP contribution in [0.1, 0.15) is 43.0 Å². The van der Waals surface area contributed by atoms with E-state index < -0.39 is 0 Å². The molecule has 2 heterocycles. The quantitative estimate of drug-likeness (QED) is 0.852. The highest BCUT2D eigenvalue weighted by Gasteiger charge is 2.39. The van der Waals surface area contributed by atoms with Crippen molar-refractivity contribution in [2.24, 2.45) is 5.41 Å². The highest BCUT2D eigenvalue weighted by molar-refractivity contribution is 7.17.